The van der Waals surface area contributed by atoms with Gasteiger partial charge in [-0.3, -0.25) is 11.3 Å². The first-order valence-electron chi connectivity index (χ1n) is 6.02. The molecule has 2 atom stereocenters. The Bertz CT molecular complexity index is 378. The number of nitrogens with two attached hydrogens (primary N) is 1. The summed E-state index contributed by atoms with van der Waals surface area (Å²) in [5.74, 6) is 6.14. The molecule has 1 aromatic carbocycles. The van der Waals surface area contributed by atoms with Gasteiger partial charge in [-0.25, -0.2) is 0 Å². The SMILES string of the molecule is Cc1cc(Cl)ccc1C(NN)C1CCCOC1. The molecular formula is C13H19ClN2O. The molecule has 1 fully saturated rings. The summed E-state index contributed by atoms with van der Waals surface area (Å²) in [5, 5.41) is 0.766. The van der Waals surface area contributed by atoms with Gasteiger partial charge in [0, 0.05) is 17.5 Å². The summed E-state index contributed by atoms with van der Waals surface area (Å²) in [5.41, 5.74) is 5.31. The Labute approximate surface area is 107 Å². The minimum atomic E-state index is 0.146. The summed E-state index contributed by atoms with van der Waals surface area (Å²) >= 11 is 5.97. The number of rotatable bonds is 3. The fourth-order valence-electron chi connectivity index (χ4n) is 2.50. The molecule has 1 saturated heterocycles. The van der Waals surface area contributed by atoms with E-state index >= 15 is 0 Å². The number of ether oxygens (including phenoxy) is 1. The van der Waals surface area contributed by atoms with Gasteiger partial charge in [0.2, 0.25) is 0 Å². The van der Waals surface area contributed by atoms with Crippen LogP contribution in [0.25, 0.3) is 0 Å². The van der Waals surface area contributed by atoms with Crippen LogP contribution in [0.4, 0.5) is 0 Å². The van der Waals surface area contributed by atoms with E-state index in [-0.39, 0.29) is 6.04 Å². The summed E-state index contributed by atoms with van der Waals surface area (Å²) in [6.07, 6.45) is 2.26. The Morgan fingerprint density at radius 1 is 1.53 bits per heavy atom. The topological polar surface area (TPSA) is 47.3 Å². The van der Waals surface area contributed by atoms with Crippen LogP contribution >= 0.6 is 11.6 Å². The lowest BCUT2D eigenvalue weighted by Gasteiger charge is -2.31. The summed E-state index contributed by atoms with van der Waals surface area (Å²) < 4.78 is 5.53. The molecule has 1 aliphatic heterocycles. The Kier molecular flexibility index (Phi) is 4.40. The normalized spacial score (nSPS) is 22.4. The van der Waals surface area contributed by atoms with Crippen molar-refractivity contribution in [2.45, 2.75) is 25.8 Å². The summed E-state index contributed by atoms with van der Waals surface area (Å²) in [7, 11) is 0. The van der Waals surface area contributed by atoms with Crippen molar-refractivity contribution in [2.24, 2.45) is 11.8 Å². The van der Waals surface area contributed by atoms with Crippen LogP contribution in [0.5, 0.6) is 0 Å². The average molecular weight is 255 g/mol. The molecule has 0 saturated carbocycles. The molecule has 0 aliphatic carbocycles. The average Bonchev–Trinajstić information content (AvgIpc) is 2.34. The van der Waals surface area contributed by atoms with Gasteiger partial charge in [-0.05, 0) is 43.0 Å². The number of aryl methyl sites for hydroxylation is 1. The minimum Gasteiger partial charge on any atom is -0.381 e. The monoisotopic (exact) mass is 254 g/mol. The van der Waals surface area contributed by atoms with Crippen molar-refractivity contribution in [3.63, 3.8) is 0 Å². The standard InChI is InChI=1S/C13H19ClN2O/c1-9-7-11(14)4-5-12(9)13(16-15)10-3-2-6-17-8-10/h4-5,7,10,13,16H,2-3,6,8,15H2,1H3. The molecule has 3 N–H and O–H groups in total. The second-order valence-corrected chi connectivity index (χ2v) is 5.06. The molecule has 0 spiro atoms. The molecule has 1 aliphatic rings. The lowest BCUT2D eigenvalue weighted by atomic mass is 9.87. The second-order valence-electron chi connectivity index (χ2n) is 4.62. The zero-order valence-corrected chi connectivity index (χ0v) is 10.8. The number of nitrogens with one attached hydrogen (secondary N) is 1. The first kappa shape index (κ1) is 12.8. The maximum Gasteiger partial charge on any atom is 0.0513 e. The molecule has 1 heterocycles. The number of hydrazine groups is 1. The quantitative estimate of drug-likeness (QED) is 0.644. The van der Waals surface area contributed by atoms with Crippen LogP contribution in [0.15, 0.2) is 18.2 Å². The van der Waals surface area contributed by atoms with Gasteiger partial charge in [0.05, 0.1) is 12.6 Å². The highest BCUT2D eigenvalue weighted by molar-refractivity contribution is 6.30. The third kappa shape index (κ3) is 2.99. The van der Waals surface area contributed by atoms with Crippen molar-refractivity contribution in [1.82, 2.24) is 5.43 Å². The van der Waals surface area contributed by atoms with E-state index < -0.39 is 0 Å². The van der Waals surface area contributed by atoms with Gasteiger partial charge in [-0.1, -0.05) is 17.7 Å². The van der Waals surface area contributed by atoms with Gasteiger partial charge in [-0.2, -0.15) is 0 Å². The van der Waals surface area contributed by atoms with Gasteiger partial charge in [0.25, 0.3) is 0 Å². The second kappa shape index (κ2) is 5.83. The third-order valence-electron chi connectivity index (χ3n) is 3.41. The van der Waals surface area contributed by atoms with Crippen molar-refractivity contribution in [2.75, 3.05) is 13.2 Å². The van der Waals surface area contributed by atoms with Gasteiger partial charge in [0.15, 0.2) is 0 Å². The van der Waals surface area contributed by atoms with Gasteiger partial charge in [-0.15, -0.1) is 0 Å². The summed E-state index contributed by atoms with van der Waals surface area (Å²) in [6.45, 7) is 3.71. The third-order valence-corrected chi connectivity index (χ3v) is 3.65. The smallest absolute Gasteiger partial charge is 0.0513 e. The lowest BCUT2D eigenvalue weighted by Crippen LogP contribution is -2.37. The van der Waals surface area contributed by atoms with Crippen molar-refractivity contribution in [3.8, 4) is 0 Å². The number of hydrogen-bond donors (Lipinski definition) is 2. The summed E-state index contributed by atoms with van der Waals surface area (Å²) in [6, 6.07) is 6.09. The van der Waals surface area contributed by atoms with Crippen LogP contribution in [-0.2, 0) is 4.74 Å². The molecule has 94 valence electrons. The van der Waals surface area contributed by atoms with E-state index in [0.717, 1.165) is 31.1 Å². The van der Waals surface area contributed by atoms with E-state index in [0.29, 0.717) is 5.92 Å². The van der Waals surface area contributed by atoms with Crippen molar-refractivity contribution in [1.29, 1.82) is 0 Å². The fourth-order valence-corrected chi connectivity index (χ4v) is 2.72. The molecule has 0 radical (unpaired) electrons. The molecule has 17 heavy (non-hydrogen) atoms. The van der Waals surface area contributed by atoms with Gasteiger partial charge in [0.1, 0.15) is 0 Å². The largest absolute Gasteiger partial charge is 0.381 e. The van der Waals surface area contributed by atoms with Crippen molar-refractivity contribution in [3.05, 3.63) is 34.3 Å². The van der Waals surface area contributed by atoms with Crippen LogP contribution in [0.2, 0.25) is 5.02 Å². The van der Waals surface area contributed by atoms with Gasteiger partial charge < -0.3 is 4.74 Å². The van der Waals surface area contributed by atoms with E-state index in [1.807, 2.05) is 12.1 Å². The fraction of sp³-hybridized carbons (Fsp3) is 0.538. The first-order chi connectivity index (χ1) is 8.22. The Hall–Kier alpha value is -0.610. The Morgan fingerprint density at radius 3 is 2.94 bits per heavy atom. The minimum absolute atomic E-state index is 0.146. The zero-order chi connectivity index (χ0) is 12.3. The molecule has 0 bridgehead atoms. The molecule has 0 amide bonds. The molecule has 0 aromatic heterocycles. The highest BCUT2D eigenvalue weighted by Crippen LogP contribution is 2.31. The lowest BCUT2D eigenvalue weighted by molar-refractivity contribution is 0.0389. The predicted octanol–water partition coefficient (Wildman–Crippen LogP) is 2.58. The first-order valence-corrected chi connectivity index (χ1v) is 6.40. The molecule has 1 aromatic rings. The molecule has 4 heteroatoms. The van der Waals surface area contributed by atoms with E-state index in [1.165, 1.54) is 11.1 Å². The highest BCUT2D eigenvalue weighted by Gasteiger charge is 2.25. The Balaban J connectivity index is 2.21. The number of hydrogen-bond acceptors (Lipinski definition) is 3. The van der Waals surface area contributed by atoms with E-state index in [1.54, 1.807) is 0 Å². The van der Waals surface area contributed by atoms with E-state index in [4.69, 9.17) is 22.2 Å². The highest BCUT2D eigenvalue weighted by atomic mass is 35.5. The Morgan fingerprint density at radius 2 is 2.35 bits per heavy atom. The van der Waals surface area contributed by atoms with Crippen LogP contribution < -0.4 is 11.3 Å². The maximum absolute atomic E-state index is 5.97. The van der Waals surface area contributed by atoms with Crippen LogP contribution in [0.1, 0.15) is 30.0 Å². The number of benzene rings is 1. The maximum atomic E-state index is 5.97. The predicted molar refractivity (Wildman–Crippen MR) is 69.8 cm³/mol. The molecule has 2 unspecified atom stereocenters. The summed E-state index contributed by atoms with van der Waals surface area (Å²) in [4.78, 5) is 0. The van der Waals surface area contributed by atoms with Gasteiger partial charge >= 0.3 is 0 Å². The van der Waals surface area contributed by atoms with E-state index in [2.05, 4.69) is 18.4 Å². The molecular weight excluding hydrogens is 236 g/mol. The zero-order valence-electron chi connectivity index (χ0n) is 10.1. The van der Waals surface area contributed by atoms with Crippen molar-refractivity contribution >= 4 is 11.6 Å². The van der Waals surface area contributed by atoms with Crippen LogP contribution in [-0.4, -0.2) is 13.2 Å². The number of halogens is 1. The van der Waals surface area contributed by atoms with Crippen LogP contribution in [0, 0.1) is 12.8 Å². The van der Waals surface area contributed by atoms with E-state index in [9.17, 15) is 0 Å². The molecule has 2 rings (SSSR count). The van der Waals surface area contributed by atoms with Crippen molar-refractivity contribution < 1.29 is 4.74 Å². The molecule has 3 nitrogen and oxygen atoms in total. The van der Waals surface area contributed by atoms with Crippen LogP contribution in [0.3, 0.4) is 0 Å².